The molecule has 3 aliphatic heterocycles. The zero-order valence-electron chi connectivity index (χ0n) is 38.5. The summed E-state index contributed by atoms with van der Waals surface area (Å²) >= 11 is 0. The Labute approximate surface area is 387 Å². The van der Waals surface area contributed by atoms with Crippen LogP contribution in [0.4, 0.5) is 0 Å². The molecule has 0 spiro atoms. The molecule has 3 aliphatic rings. The molecule has 0 aromatic carbocycles. The van der Waals surface area contributed by atoms with Gasteiger partial charge in [0.25, 0.3) is 0 Å². The molecule has 12 unspecified atom stereocenters. The van der Waals surface area contributed by atoms with Crippen LogP contribution in [0.5, 0.6) is 0 Å². The maximum atomic E-state index is 12.6. The molecule has 0 aromatic rings. The predicted molar refractivity (Wildman–Crippen MR) is 242 cm³/mol. The number of methoxy groups -OCH3 is 1. The van der Waals surface area contributed by atoms with Crippen LogP contribution in [0.25, 0.3) is 0 Å². The lowest BCUT2D eigenvalue weighted by Crippen LogP contribution is -2.61. The van der Waals surface area contributed by atoms with Crippen molar-refractivity contribution in [3.8, 4) is 0 Å². The number of rotatable bonds is 4. The summed E-state index contributed by atoms with van der Waals surface area (Å²) in [6, 6.07) is -1.13. The molecule has 374 valence electrons. The number of esters is 1. The Hall–Kier alpha value is -3.44. The molecule has 0 amide bonds. The Morgan fingerprint density at radius 1 is 0.667 bits per heavy atom. The molecule has 2 saturated heterocycles. The first-order valence-corrected chi connectivity index (χ1v) is 22.7. The normalized spacial score (nSPS) is 45.0. The van der Waals surface area contributed by atoms with Crippen LogP contribution in [0.1, 0.15) is 79.1 Å². The summed E-state index contributed by atoms with van der Waals surface area (Å²) in [6.45, 7) is 6.79. The van der Waals surface area contributed by atoms with E-state index in [1.54, 1.807) is 75.5 Å². The topological polar surface area (TPSA) is 309 Å². The van der Waals surface area contributed by atoms with Gasteiger partial charge in [-0.15, -0.1) is 0 Å². The second kappa shape index (κ2) is 28.1. The maximum Gasteiger partial charge on any atom is 0.311 e. The van der Waals surface area contributed by atoms with E-state index >= 15 is 0 Å². The predicted octanol–water partition coefficient (Wildman–Crippen LogP) is 1.37. The molecule has 12 N–H and O–H groups in total. The number of carbonyl (C=O) groups is 2. The molecule has 18 nitrogen and oxygen atoms in total. The number of ether oxygens (including phenoxy) is 5. The van der Waals surface area contributed by atoms with Gasteiger partial charge >= 0.3 is 11.9 Å². The maximum absolute atomic E-state index is 12.6. The van der Waals surface area contributed by atoms with Gasteiger partial charge in [-0.1, -0.05) is 98.9 Å². The van der Waals surface area contributed by atoms with Crippen LogP contribution in [0, 0.1) is 17.8 Å². The molecule has 3 rings (SSSR count). The first kappa shape index (κ1) is 56.9. The fourth-order valence-corrected chi connectivity index (χ4v) is 8.16. The highest BCUT2D eigenvalue weighted by atomic mass is 16.7. The van der Waals surface area contributed by atoms with Gasteiger partial charge in [0.05, 0.1) is 79.6 Å². The molecule has 18 heteroatoms. The lowest BCUT2D eigenvalue weighted by Gasteiger charge is -2.47. The number of aliphatic carboxylic acids is 1. The number of carbonyl (C=O) groups excluding carboxylic acids is 1. The van der Waals surface area contributed by atoms with Crippen molar-refractivity contribution < 1.29 is 84.3 Å². The van der Waals surface area contributed by atoms with Crippen molar-refractivity contribution in [2.24, 2.45) is 23.5 Å². The summed E-state index contributed by atoms with van der Waals surface area (Å²) in [4.78, 5) is 25.2. The third-order valence-corrected chi connectivity index (χ3v) is 12.4. The van der Waals surface area contributed by atoms with E-state index < -0.39 is 141 Å². The molecule has 19 atom stereocenters. The smallest absolute Gasteiger partial charge is 0.311 e. The van der Waals surface area contributed by atoms with E-state index in [9.17, 15) is 60.7 Å². The van der Waals surface area contributed by atoms with Gasteiger partial charge < -0.3 is 80.5 Å². The Bertz CT molecular complexity index is 1680. The molecular weight excluding hydrogens is 863 g/mol. The molecule has 0 saturated carbocycles. The van der Waals surface area contributed by atoms with Crippen LogP contribution in [-0.4, -0.2) is 168 Å². The summed E-state index contributed by atoms with van der Waals surface area (Å²) < 4.78 is 29.3. The molecule has 2 fully saturated rings. The fraction of sp³-hybridized carbons (Fsp3) is 0.667. The molecule has 0 radical (unpaired) electrons. The van der Waals surface area contributed by atoms with Gasteiger partial charge in [0, 0.05) is 44.6 Å². The van der Waals surface area contributed by atoms with Crippen molar-refractivity contribution in [1.29, 1.82) is 0 Å². The van der Waals surface area contributed by atoms with Crippen molar-refractivity contribution in [3.63, 3.8) is 0 Å². The van der Waals surface area contributed by atoms with Crippen molar-refractivity contribution in [1.82, 2.24) is 0 Å². The van der Waals surface area contributed by atoms with Gasteiger partial charge in [-0.05, 0) is 33.1 Å². The summed E-state index contributed by atoms with van der Waals surface area (Å²) in [5.41, 5.74) is 6.05. The number of fused-ring (bicyclic) bond motifs is 2. The molecular formula is C48H75NO17. The number of carboxylic acids is 1. The summed E-state index contributed by atoms with van der Waals surface area (Å²) in [6.07, 6.45) is 5.15. The highest BCUT2D eigenvalue weighted by Crippen LogP contribution is 2.40. The van der Waals surface area contributed by atoms with Gasteiger partial charge in [-0.2, -0.15) is 0 Å². The summed E-state index contributed by atoms with van der Waals surface area (Å²) in [5, 5.41) is 108. The van der Waals surface area contributed by atoms with E-state index in [0.717, 1.165) is 0 Å². The number of carboxylic acid groups (broad SMARTS) is 1. The lowest BCUT2D eigenvalue weighted by molar-refractivity contribution is -0.317. The fourth-order valence-electron chi connectivity index (χ4n) is 8.16. The standard InChI is InChI=1S/C48H75NO17/c1-28-18-16-14-12-10-8-6-7-9-11-13-15-17-19-35(65-47-45(59)42(49)44(58)31(4)64-47)25-39-41(46(60)61)38(55)27-48(62-5,66-39)26-34(52)23-37(54)36(53)21-20-32(50)22-33(51)24-40(56)63-30(3)29(2)43(28)57/h6-19,28-39,41-45,47,50-55,57-59H,20-27,49H2,1-5H3,(H,60,61)/b7-6+,10-8+,11-9+,14-12+,15-13+,18-16+,19-17+/t28-,29-,30-,31+,32?,33?,34?,35?,36?,37?,38-,39-,41?,42-,43?,44?,45?,47?,48?/m0/s1. The van der Waals surface area contributed by atoms with E-state index in [-0.39, 0.29) is 38.0 Å². The lowest BCUT2D eigenvalue weighted by atomic mass is 9.82. The van der Waals surface area contributed by atoms with Crippen molar-refractivity contribution in [2.45, 2.75) is 177 Å². The van der Waals surface area contributed by atoms with Crippen LogP contribution >= 0.6 is 0 Å². The minimum absolute atomic E-state index is 0.0813. The Balaban J connectivity index is 1.89. The van der Waals surface area contributed by atoms with Crippen LogP contribution in [0.15, 0.2) is 85.1 Å². The van der Waals surface area contributed by atoms with Crippen LogP contribution < -0.4 is 5.73 Å². The van der Waals surface area contributed by atoms with E-state index in [2.05, 4.69) is 0 Å². The molecule has 2 bridgehead atoms. The van der Waals surface area contributed by atoms with Crippen LogP contribution in [0.3, 0.4) is 0 Å². The first-order valence-electron chi connectivity index (χ1n) is 22.7. The minimum atomic E-state index is -1.78. The van der Waals surface area contributed by atoms with E-state index in [1.165, 1.54) is 7.11 Å². The molecule has 66 heavy (non-hydrogen) atoms. The van der Waals surface area contributed by atoms with Crippen molar-refractivity contribution >= 4 is 11.9 Å². The average Bonchev–Trinajstić information content (AvgIpc) is 3.24. The van der Waals surface area contributed by atoms with Gasteiger partial charge in [0.2, 0.25) is 0 Å². The monoisotopic (exact) mass is 938 g/mol. The van der Waals surface area contributed by atoms with Gasteiger partial charge in [-0.3, -0.25) is 9.59 Å². The first-order chi connectivity index (χ1) is 31.2. The van der Waals surface area contributed by atoms with Crippen LogP contribution in [-0.2, 0) is 33.3 Å². The van der Waals surface area contributed by atoms with E-state index in [4.69, 9.17) is 29.4 Å². The van der Waals surface area contributed by atoms with Gasteiger partial charge in [-0.25, -0.2) is 0 Å². The third kappa shape index (κ3) is 18.2. The summed E-state index contributed by atoms with van der Waals surface area (Å²) in [5.74, 6) is -6.12. The highest BCUT2D eigenvalue weighted by Gasteiger charge is 2.52. The molecule has 0 aliphatic carbocycles. The molecule has 3 heterocycles. The zero-order chi connectivity index (χ0) is 49.1. The SMILES string of the molecule is COC12CC(O)CC(O)C(O)CCC(O)CC(O)CC(=O)O[C@@H](C)[C@H](C)C(O)[C@@H](C)/C=C/C=C/C=C/C=C/C=C/C=C/C=C/C(OC3O[C@H](C)C(O)[C@H](N)C3O)C[C@H](O1)C(C(=O)O)[C@@H](O)C2. The second-order valence-corrected chi connectivity index (χ2v) is 17.7. The zero-order valence-corrected chi connectivity index (χ0v) is 38.5. The van der Waals surface area contributed by atoms with Crippen molar-refractivity contribution in [3.05, 3.63) is 85.1 Å². The number of cyclic esters (lactones) is 1. The quantitative estimate of drug-likeness (QED) is 0.177. The number of hydrogen-bond donors (Lipinski definition) is 11. The van der Waals surface area contributed by atoms with E-state index in [1.807, 2.05) is 37.3 Å². The van der Waals surface area contributed by atoms with E-state index in [0.29, 0.717) is 0 Å². The second-order valence-electron chi connectivity index (χ2n) is 17.7. The summed E-state index contributed by atoms with van der Waals surface area (Å²) in [7, 11) is 1.25. The third-order valence-electron chi connectivity index (χ3n) is 12.4. The minimum Gasteiger partial charge on any atom is -0.481 e. The van der Waals surface area contributed by atoms with Gasteiger partial charge in [0.15, 0.2) is 12.1 Å². The molecule has 0 aromatic heterocycles. The number of allylic oxidation sites excluding steroid dienone is 12. The number of nitrogens with two attached hydrogens (primary N) is 1. The highest BCUT2D eigenvalue weighted by molar-refractivity contribution is 5.71. The Kier molecular flexibility index (Phi) is 24.3. The van der Waals surface area contributed by atoms with Gasteiger partial charge in [0.1, 0.15) is 18.1 Å². The number of hydrogen-bond acceptors (Lipinski definition) is 17. The Morgan fingerprint density at radius 3 is 1.82 bits per heavy atom. The number of aliphatic hydroxyl groups excluding tert-OH is 9. The number of aliphatic hydroxyl groups is 9. The van der Waals surface area contributed by atoms with Crippen LogP contribution in [0.2, 0.25) is 0 Å². The Morgan fingerprint density at radius 2 is 1.24 bits per heavy atom. The van der Waals surface area contributed by atoms with Crippen molar-refractivity contribution in [2.75, 3.05) is 7.11 Å². The largest absolute Gasteiger partial charge is 0.481 e. The average molecular weight is 938 g/mol.